The number of halogens is 1. The number of likely N-dealkylation sites (tertiary alicyclic amines) is 1. The molecule has 0 radical (unpaired) electrons. The lowest BCUT2D eigenvalue weighted by molar-refractivity contribution is 0.141. The van der Waals surface area contributed by atoms with Gasteiger partial charge in [0, 0.05) is 18.6 Å². The summed E-state index contributed by atoms with van der Waals surface area (Å²) >= 11 is 5.86. The quantitative estimate of drug-likeness (QED) is 0.645. The van der Waals surface area contributed by atoms with Gasteiger partial charge in [-0.3, -0.25) is 0 Å². The minimum absolute atomic E-state index is 0.287. The van der Waals surface area contributed by atoms with Gasteiger partial charge in [0.1, 0.15) is 5.75 Å². The maximum atomic E-state index is 12.3. The largest absolute Gasteiger partial charge is 0.414 e. The number of benzene rings is 1. The topological polar surface area (TPSA) is 32.8 Å². The molecule has 27 heavy (non-hydrogen) atoms. The summed E-state index contributed by atoms with van der Waals surface area (Å²) in [5, 5.41) is 0.639. The molecule has 0 N–H and O–H groups in total. The van der Waals surface area contributed by atoms with E-state index in [1.54, 1.807) is 29.2 Å². The van der Waals surface area contributed by atoms with Crippen molar-refractivity contribution in [2.45, 2.75) is 51.4 Å². The van der Waals surface area contributed by atoms with Gasteiger partial charge in [0.05, 0.1) is 0 Å². The molecule has 0 atom stereocenters. The molecule has 0 aromatic heterocycles. The third-order valence-electron chi connectivity index (χ3n) is 6.13. The first-order valence-electron chi connectivity index (χ1n) is 10.5. The number of hydrogen-bond donors (Lipinski definition) is 0. The summed E-state index contributed by atoms with van der Waals surface area (Å²) in [6.07, 6.45) is 10.3. The molecule has 3 rings (SSSR count). The lowest BCUT2D eigenvalue weighted by atomic mass is 9.80. The molecular formula is C22H33ClN2O2. The second-order valence-electron chi connectivity index (χ2n) is 8.28. The highest BCUT2D eigenvalue weighted by atomic mass is 35.5. The number of rotatable bonds is 6. The fourth-order valence-electron chi connectivity index (χ4n) is 4.39. The van der Waals surface area contributed by atoms with Crippen molar-refractivity contribution >= 4 is 17.7 Å². The first kappa shape index (κ1) is 20.5. The van der Waals surface area contributed by atoms with Crippen LogP contribution in [-0.2, 0) is 0 Å². The number of carbonyl (C=O) groups excluding carboxylic acids is 1. The summed E-state index contributed by atoms with van der Waals surface area (Å²) in [5.74, 6) is 2.01. The molecule has 5 heteroatoms. The van der Waals surface area contributed by atoms with Gasteiger partial charge in [-0.2, -0.15) is 0 Å². The summed E-state index contributed by atoms with van der Waals surface area (Å²) in [5.41, 5.74) is 0. The van der Waals surface area contributed by atoms with E-state index in [2.05, 4.69) is 4.90 Å². The van der Waals surface area contributed by atoms with Crippen molar-refractivity contribution in [2.75, 3.05) is 33.2 Å². The van der Waals surface area contributed by atoms with E-state index < -0.39 is 0 Å². The molecule has 2 fully saturated rings. The minimum atomic E-state index is -0.287. The van der Waals surface area contributed by atoms with Gasteiger partial charge in [0.2, 0.25) is 0 Å². The Kier molecular flexibility index (Phi) is 7.83. The molecular weight excluding hydrogens is 360 g/mol. The molecule has 2 aliphatic rings. The molecule has 150 valence electrons. The number of nitrogens with zero attached hydrogens (tertiary/aromatic N) is 2. The van der Waals surface area contributed by atoms with Crippen LogP contribution in [-0.4, -0.2) is 49.1 Å². The zero-order valence-corrected chi connectivity index (χ0v) is 17.3. The maximum absolute atomic E-state index is 12.3. The second kappa shape index (κ2) is 10.3. The van der Waals surface area contributed by atoms with Gasteiger partial charge < -0.3 is 14.5 Å². The molecule has 4 nitrogen and oxygen atoms in total. The third kappa shape index (κ3) is 6.69. The number of hydrogen-bond acceptors (Lipinski definition) is 3. The molecule has 0 spiro atoms. The molecule has 1 heterocycles. The smallest absolute Gasteiger partial charge is 0.410 e. The Morgan fingerprint density at radius 3 is 2.37 bits per heavy atom. The normalized spacial score (nSPS) is 23.8. The Bertz CT molecular complexity index is 578. The molecule has 1 amide bonds. The van der Waals surface area contributed by atoms with Crippen molar-refractivity contribution in [1.29, 1.82) is 0 Å². The Morgan fingerprint density at radius 1 is 1.07 bits per heavy atom. The lowest BCUT2D eigenvalue weighted by Gasteiger charge is -2.33. The SMILES string of the molecule is CN(CC1CCC(CCN2CCCCC2)CC1)C(=O)Oc1ccc(Cl)cc1. The predicted octanol–water partition coefficient (Wildman–Crippen LogP) is 5.45. The van der Waals surface area contributed by atoms with Crippen LogP contribution in [0.5, 0.6) is 5.75 Å². The van der Waals surface area contributed by atoms with E-state index in [1.165, 1.54) is 71.0 Å². The molecule has 1 aliphatic carbocycles. The summed E-state index contributed by atoms with van der Waals surface area (Å²) < 4.78 is 5.42. The van der Waals surface area contributed by atoms with E-state index >= 15 is 0 Å². The van der Waals surface area contributed by atoms with Crippen molar-refractivity contribution in [2.24, 2.45) is 11.8 Å². The van der Waals surface area contributed by atoms with Crippen LogP contribution < -0.4 is 4.74 Å². The zero-order chi connectivity index (χ0) is 19.1. The van der Waals surface area contributed by atoms with Crippen molar-refractivity contribution in [3.8, 4) is 5.75 Å². The van der Waals surface area contributed by atoms with E-state index in [0.29, 0.717) is 16.7 Å². The van der Waals surface area contributed by atoms with Crippen LogP contribution in [0.1, 0.15) is 51.4 Å². The second-order valence-corrected chi connectivity index (χ2v) is 8.72. The summed E-state index contributed by atoms with van der Waals surface area (Å²) in [7, 11) is 1.83. The lowest BCUT2D eigenvalue weighted by Crippen LogP contribution is -2.36. The van der Waals surface area contributed by atoms with E-state index in [-0.39, 0.29) is 6.09 Å². The fraction of sp³-hybridized carbons (Fsp3) is 0.682. The number of ether oxygens (including phenoxy) is 1. The highest BCUT2D eigenvalue weighted by Gasteiger charge is 2.24. The van der Waals surface area contributed by atoms with Crippen LogP contribution in [0.25, 0.3) is 0 Å². The average Bonchev–Trinajstić information content (AvgIpc) is 2.70. The van der Waals surface area contributed by atoms with Gasteiger partial charge in [-0.15, -0.1) is 0 Å². The fourth-order valence-corrected chi connectivity index (χ4v) is 4.52. The molecule has 1 aliphatic heterocycles. The average molecular weight is 393 g/mol. The third-order valence-corrected chi connectivity index (χ3v) is 6.38. The minimum Gasteiger partial charge on any atom is -0.410 e. The van der Waals surface area contributed by atoms with Crippen molar-refractivity contribution in [3.63, 3.8) is 0 Å². The van der Waals surface area contributed by atoms with E-state index in [0.717, 1.165) is 12.5 Å². The van der Waals surface area contributed by atoms with Gasteiger partial charge in [-0.1, -0.05) is 30.9 Å². The highest BCUT2D eigenvalue weighted by molar-refractivity contribution is 6.30. The first-order valence-corrected chi connectivity index (χ1v) is 10.9. The van der Waals surface area contributed by atoms with E-state index in [4.69, 9.17) is 16.3 Å². The standard InChI is InChI=1S/C22H33ClN2O2/c1-24(22(26)27-21-11-9-20(23)10-12-21)17-19-7-5-18(6-8-19)13-16-25-14-3-2-4-15-25/h9-12,18-19H,2-8,13-17H2,1H3. The Labute approximate surface area is 168 Å². The summed E-state index contributed by atoms with van der Waals surface area (Å²) in [4.78, 5) is 16.6. The van der Waals surface area contributed by atoms with Crippen LogP contribution in [0.15, 0.2) is 24.3 Å². The Balaban J connectivity index is 1.34. The summed E-state index contributed by atoms with van der Waals surface area (Å²) in [6.45, 7) is 4.67. The number of amides is 1. The van der Waals surface area contributed by atoms with Gasteiger partial charge in [0.15, 0.2) is 0 Å². The van der Waals surface area contributed by atoms with Gasteiger partial charge >= 0.3 is 6.09 Å². The van der Waals surface area contributed by atoms with Crippen LogP contribution in [0.3, 0.4) is 0 Å². The monoisotopic (exact) mass is 392 g/mol. The molecule has 1 saturated carbocycles. The van der Waals surface area contributed by atoms with Crippen LogP contribution in [0.4, 0.5) is 4.79 Å². The molecule has 0 bridgehead atoms. The first-order chi connectivity index (χ1) is 13.1. The van der Waals surface area contributed by atoms with Gasteiger partial charge in [0.25, 0.3) is 0 Å². The zero-order valence-electron chi connectivity index (χ0n) is 16.5. The van der Waals surface area contributed by atoms with E-state index in [1.807, 2.05) is 7.05 Å². The highest BCUT2D eigenvalue weighted by Crippen LogP contribution is 2.31. The van der Waals surface area contributed by atoms with Crippen LogP contribution >= 0.6 is 11.6 Å². The Hall–Kier alpha value is -1.26. The van der Waals surface area contributed by atoms with Crippen molar-refractivity contribution in [3.05, 3.63) is 29.3 Å². The molecule has 1 saturated heterocycles. The molecule has 1 aromatic rings. The summed E-state index contributed by atoms with van der Waals surface area (Å²) in [6, 6.07) is 6.91. The number of carbonyl (C=O) groups is 1. The van der Waals surface area contributed by atoms with Crippen molar-refractivity contribution in [1.82, 2.24) is 9.80 Å². The molecule has 1 aromatic carbocycles. The maximum Gasteiger partial charge on any atom is 0.414 e. The van der Waals surface area contributed by atoms with Crippen molar-refractivity contribution < 1.29 is 9.53 Å². The number of piperidine rings is 1. The van der Waals surface area contributed by atoms with Gasteiger partial charge in [-0.05, 0) is 87.8 Å². The predicted molar refractivity (Wildman–Crippen MR) is 110 cm³/mol. The Morgan fingerprint density at radius 2 is 1.70 bits per heavy atom. The van der Waals surface area contributed by atoms with Crippen LogP contribution in [0.2, 0.25) is 5.02 Å². The van der Waals surface area contributed by atoms with Gasteiger partial charge in [-0.25, -0.2) is 4.79 Å². The molecule has 0 unspecified atom stereocenters. The van der Waals surface area contributed by atoms with Crippen LogP contribution in [0, 0.1) is 11.8 Å². The van der Waals surface area contributed by atoms with E-state index in [9.17, 15) is 4.79 Å².